The molecule has 0 fully saturated rings. The number of benzene rings is 2. The second-order valence-electron chi connectivity index (χ2n) is 4.26. The minimum Gasteiger partial charge on any atom is -0.389 e. The number of anilines is 2. The molecule has 2 aromatic carbocycles. The van der Waals surface area contributed by atoms with Crippen LogP contribution >= 0.6 is 12.2 Å². The van der Waals surface area contributed by atoms with E-state index >= 15 is 0 Å². The smallest absolute Gasteiger partial charge is 0.103 e. The minimum absolute atomic E-state index is 0.437. The van der Waals surface area contributed by atoms with Gasteiger partial charge in [0, 0.05) is 24.0 Å². The van der Waals surface area contributed by atoms with Crippen LogP contribution < -0.4 is 10.6 Å². The molecule has 0 unspecified atom stereocenters. The van der Waals surface area contributed by atoms with Gasteiger partial charge in [-0.3, -0.25) is 0 Å². The lowest BCUT2D eigenvalue weighted by Gasteiger charge is -2.22. The molecular formula is C15H16N2S. The number of rotatable bonds is 3. The fourth-order valence-electron chi connectivity index (χ4n) is 1.98. The van der Waals surface area contributed by atoms with Gasteiger partial charge in [0.15, 0.2) is 0 Å². The first-order chi connectivity index (χ1) is 8.59. The van der Waals surface area contributed by atoms with Crippen LogP contribution in [0.15, 0.2) is 48.5 Å². The highest BCUT2D eigenvalue weighted by atomic mass is 32.1. The SMILES string of the molecule is Cc1cc(C(N)=S)ccc1N(C)c1ccccc1. The van der Waals surface area contributed by atoms with Crippen molar-refractivity contribution in [1.29, 1.82) is 0 Å². The first kappa shape index (κ1) is 12.6. The Bertz CT molecular complexity index is 564. The van der Waals surface area contributed by atoms with Gasteiger partial charge < -0.3 is 10.6 Å². The van der Waals surface area contributed by atoms with E-state index in [0.29, 0.717) is 4.99 Å². The topological polar surface area (TPSA) is 29.3 Å². The predicted molar refractivity (Wildman–Crippen MR) is 81.6 cm³/mol. The third-order valence-corrected chi connectivity index (χ3v) is 3.22. The molecule has 0 radical (unpaired) electrons. The molecule has 0 aliphatic rings. The number of nitrogens with zero attached hydrogens (tertiary/aromatic N) is 1. The summed E-state index contributed by atoms with van der Waals surface area (Å²) in [5, 5.41) is 0. The van der Waals surface area contributed by atoms with Crippen molar-refractivity contribution in [3.8, 4) is 0 Å². The van der Waals surface area contributed by atoms with E-state index in [2.05, 4.69) is 37.1 Å². The molecule has 2 aromatic rings. The van der Waals surface area contributed by atoms with Gasteiger partial charge in [0.25, 0.3) is 0 Å². The number of hydrogen-bond donors (Lipinski definition) is 1. The molecule has 0 saturated carbocycles. The van der Waals surface area contributed by atoms with E-state index < -0.39 is 0 Å². The lowest BCUT2D eigenvalue weighted by molar-refractivity contribution is 1.18. The largest absolute Gasteiger partial charge is 0.389 e. The minimum atomic E-state index is 0.437. The summed E-state index contributed by atoms with van der Waals surface area (Å²) in [5.41, 5.74) is 10.0. The van der Waals surface area contributed by atoms with Crippen molar-refractivity contribution >= 4 is 28.6 Å². The lowest BCUT2D eigenvalue weighted by Crippen LogP contribution is -2.13. The van der Waals surface area contributed by atoms with Crippen LogP contribution in [0.1, 0.15) is 11.1 Å². The zero-order chi connectivity index (χ0) is 13.1. The van der Waals surface area contributed by atoms with E-state index in [4.69, 9.17) is 18.0 Å². The van der Waals surface area contributed by atoms with E-state index in [1.54, 1.807) is 0 Å². The van der Waals surface area contributed by atoms with Gasteiger partial charge >= 0.3 is 0 Å². The summed E-state index contributed by atoms with van der Waals surface area (Å²) in [4.78, 5) is 2.59. The van der Waals surface area contributed by atoms with Crippen molar-refractivity contribution < 1.29 is 0 Å². The first-order valence-electron chi connectivity index (χ1n) is 5.79. The Morgan fingerprint density at radius 1 is 1.11 bits per heavy atom. The summed E-state index contributed by atoms with van der Waals surface area (Å²) in [6, 6.07) is 16.3. The molecule has 92 valence electrons. The number of aryl methyl sites for hydroxylation is 1. The van der Waals surface area contributed by atoms with Gasteiger partial charge in [0.05, 0.1) is 0 Å². The van der Waals surface area contributed by atoms with Gasteiger partial charge in [0.2, 0.25) is 0 Å². The summed E-state index contributed by atoms with van der Waals surface area (Å²) in [6.07, 6.45) is 0. The molecular weight excluding hydrogens is 240 g/mol. The van der Waals surface area contributed by atoms with Crippen LogP contribution in [-0.4, -0.2) is 12.0 Å². The average molecular weight is 256 g/mol. The van der Waals surface area contributed by atoms with Crippen LogP contribution in [0.4, 0.5) is 11.4 Å². The highest BCUT2D eigenvalue weighted by Gasteiger charge is 2.07. The van der Waals surface area contributed by atoms with Crippen molar-refractivity contribution in [1.82, 2.24) is 0 Å². The molecule has 0 bridgehead atoms. The molecule has 3 heteroatoms. The molecule has 2 nitrogen and oxygen atoms in total. The van der Waals surface area contributed by atoms with E-state index in [0.717, 1.165) is 22.5 Å². The van der Waals surface area contributed by atoms with Crippen molar-refractivity contribution in [2.24, 2.45) is 5.73 Å². The normalized spacial score (nSPS) is 10.1. The lowest BCUT2D eigenvalue weighted by atomic mass is 10.1. The van der Waals surface area contributed by atoms with Crippen LogP contribution in [0.3, 0.4) is 0 Å². The maximum absolute atomic E-state index is 5.64. The maximum Gasteiger partial charge on any atom is 0.103 e. The van der Waals surface area contributed by atoms with Crippen LogP contribution in [0.25, 0.3) is 0 Å². The number of thiocarbonyl (C=S) groups is 1. The van der Waals surface area contributed by atoms with Crippen molar-refractivity contribution in [2.75, 3.05) is 11.9 Å². The Labute approximate surface area is 113 Å². The monoisotopic (exact) mass is 256 g/mol. The predicted octanol–water partition coefficient (Wildman–Crippen LogP) is 3.40. The summed E-state index contributed by atoms with van der Waals surface area (Å²) < 4.78 is 0. The molecule has 2 rings (SSSR count). The van der Waals surface area contributed by atoms with Crippen LogP contribution in [0, 0.1) is 6.92 Å². The molecule has 0 aromatic heterocycles. The van der Waals surface area contributed by atoms with Gasteiger partial charge in [-0.1, -0.05) is 30.4 Å². The molecule has 0 saturated heterocycles. The summed E-state index contributed by atoms with van der Waals surface area (Å²) >= 11 is 4.99. The standard InChI is InChI=1S/C15H16N2S/c1-11-10-12(15(16)18)8-9-14(11)17(2)13-6-4-3-5-7-13/h3-10H,1-2H3,(H2,16,18). The molecule has 18 heavy (non-hydrogen) atoms. The van der Waals surface area contributed by atoms with Crippen molar-refractivity contribution in [3.05, 3.63) is 59.7 Å². The second-order valence-corrected chi connectivity index (χ2v) is 4.70. The first-order valence-corrected chi connectivity index (χ1v) is 6.19. The van der Waals surface area contributed by atoms with E-state index in [1.807, 2.05) is 30.3 Å². The number of nitrogens with two attached hydrogens (primary N) is 1. The quantitative estimate of drug-likeness (QED) is 0.853. The third-order valence-electron chi connectivity index (χ3n) is 2.99. The zero-order valence-corrected chi connectivity index (χ0v) is 11.4. The fraction of sp³-hybridized carbons (Fsp3) is 0.133. The van der Waals surface area contributed by atoms with Gasteiger partial charge in [-0.15, -0.1) is 0 Å². The molecule has 0 aliphatic heterocycles. The Kier molecular flexibility index (Phi) is 3.63. The summed E-state index contributed by atoms with van der Waals surface area (Å²) in [6.45, 7) is 2.07. The van der Waals surface area contributed by atoms with Gasteiger partial charge in [-0.2, -0.15) is 0 Å². The Hall–Kier alpha value is -1.87. The highest BCUT2D eigenvalue weighted by Crippen LogP contribution is 2.27. The Morgan fingerprint density at radius 3 is 2.33 bits per heavy atom. The highest BCUT2D eigenvalue weighted by molar-refractivity contribution is 7.80. The van der Waals surface area contributed by atoms with E-state index in [1.165, 1.54) is 0 Å². The Balaban J connectivity index is 2.37. The van der Waals surface area contributed by atoms with Crippen molar-refractivity contribution in [2.45, 2.75) is 6.92 Å². The van der Waals surface area contributed by atoms with E-state index in [-0.39, 0.29) is 0 Å². The van der Waals surface area contributed by atoms with Crippen molar-refractivity contribution in [3.63, 3.8) is 0 Å². The van der Waals surface area contributed by atoms with E-state index in [9.17, 15) is 0 Å². The molecule has 0 spiro atoms. The molecule has 0 amide bonds. The third kappa shape index (κ3) is 2.51. The summed E-state index contributed by atoms with van der Waals surface area (Å²) in [5.74, 6) is 0. The maximum atomic E-state index is 5.64. The second kappa shape index (κ2) is 5.19. The summed E-state index contributed by atoms with van der Waals surface area (Å²) in [7, 11) is 2.05. The molecule has 2 N–H and O–H groups in total. The number of para-hydroxylation sites is 1. The number of hydrogen-bond acceptors (Lipinski definition) is 2. The van der Waals surface area contributed by atoms with Gasteiger partial charge in [-0.25, -0.2) is 0 Å². The fourth-order valence-corrected chi connectivity index (χ4v) is 2.10. The molecule has 0 atom stereocenters. The Morgan fingerprint density at radius 2 is 1.78 bits per heavy atom. The average Bonchev–Trinajstić information content (AvgIpc) is 2.38. The zero-order valence-electron chi connectivity index (χ0n) is 10.6. The molecule has 0 heterocycles. The van der Waals surface area contributed by atoms with Gasteiger partial charge in [-0.05, 0) is 42.8 Å². The van der Waals surface area contributed by atoms with Gasteiger partial charge in [0.1, 0.15) is 4.99 Å². The van der Waals surface area contributed by atoms with Crippen LogP contribution in [0.2, 0.25) is 0 Å². The van der Waals surface area contributed by atoms with Crippen LogP contribution in [0.5, 0.6) is 0 Å². The molecule has 0 aliphatic carbocycles. The van der Waals surface area contributed by atoms with Crippen LogP contribution in [-0.2, 0) is 0 Å².